The van der Waals surface area contributed by atoms with E-state index in [-0.39, 0.29) is 22.3 Å². The molecule has 3 nitrogen and oxygen atoms in total. The third-order valence-corrected chi connectivity index (χ3v) is 2.41. The Morgan fingerprint density at radius 1 is 1.57 bits per heavy atom. The van der Waals surface area contributed by atoms with E-state index in [1.165, 1.54) is 6.20 Å². The Bertz CT molecular complexity index is 333. The van der Waals surface area contributed by atoms with Crippen LogP contribution in [0.3, 0.4) is 0 Å². The maximum absolute atomic E-state index is 12.6. The van der Waals surface area contributed by atoms with E-state index in [1.807, 2.05) is 0 Å². The molecule has 0 aliphatic heterocycles. The van der Waals surface area contributed by atoms with Gasteiger partial charge in [-0.15, -0.1) is 0 Å². The lowest BCUT2D eigenvalue weighted by molar-refractivity contribution is 0.145. The molecule has 1 heterocycles. The number of nitrogens with zero attached hydrogens (tertiary/aromatic N) is 1. The molecule has 0 bridgehead atoms. The molecule has 0 radical (unpaired) electrons. The average molecular weight is 267 g/mol. The van der Waals surface area contributed by atoms with E-state index in [1.54, 1.807) is 0 Å². The highest BCUT2D eigenvalue weighted by atomic mass is 79.9. The number of nitrogen functional groups attached to an aromatic ring is 1. The molecule has 0 amide bonds. The Morgan fingerprint density at radius 2 is 2.21 bits per heavy atom. The molecular weight excluding hydrogens is 258 g/mol. The first kappa shape index (κ1) is 11.3. The van der Waals surface area contributed by atoms with Crippen LogP contribution in [0.2, 0.25) is 0 Å². The van der Waals surface area contributed by atoms with Crippen LogP contribution in [0.1, 0.15) is 23.2 Å². The number of anilines is 1. The fourth-order valence-electron chi connectivity index (χ4n) is 1.16. The number of aromatic nitrogens is 1. The molecule has 0 unspecified atom stereocenters. The first-order chi connectivity index (χ1) is 6.61. The van der Waals surface area contributed by atoms with Crippen LogP contribution in [-0.2, 0) is 11.9 Å². The fraction of sp³-hybridized carbons (Fsp3) is 0.375. The van der Waals surface area contributed by atoms with Crippen molar-refractivity contribution in [2.75, 3.05) is 5.73 Å². The topological polar surface area (TPSA) is 59.1 Å². The van der Waals surface area contributed by atoms with Gasteiger partial charge in [0, 0.05) is 10.9 Å². The minimum atomic E-state index is -2.68. The lowest BCUT2D eigenvalue weighted by Gasteiger charge is -2.12. The molecule has 78 valence electrons. The summed E-state index contributed by atoms with van der Waals surface area (Å²) in [7, 11) is 0. The zero-order valence-electron chi connectivity index (χ0n) is 7.17. The van der Waals surface area contributed by atoms with Crippen LogP contribution in [0, 0.1) is 0 Å². The van der Waals surface area contributed by atoms with Crippen molar-refractivity contribution in [3.63, 3.8) is 0 Å². The summed E-state index contributed by atoms with van der Waals surface area (Å²) in [4.78, 5) is 3.65. The van der Waals surface area contributed by atoms with Crippen molar-refractivity contribution in [1.82, 2.24) is 4.98 Å². The SMILES string of the molecule is Nc1cnc(CO)c(C(F)F)c1CBr. The molecule has 0 aliphatic rings. The molecule has 0 fully saturated rings. The lowest BCUT2D eigenvalue weighted by atomic mass is 10.1. The van der Waals surface area contributed by atoms with Crippen molar-refractivity contribution in [3.05, 3.63) is 23.0 Å². The van der Waals surface area contributed by atoms with Gasteiger partial charge in [0.25, 0.3) is 6.43 Å². The Morgan fingerprint density at radius 3 is 2.64 bits per heavy atom. The number of aliphatic hydroxyl groups excluding tert-OH is 1. The predicted octanol–water partition coefficient (Wildman–Crippen LogP) is 1.99. The Kier molecular flexibility index (Phi) is 3.77. The van der Waals surface area contributed by atoms with Gasteiger partial charge in [-0.05, 0) is 5.56 Å². The molecule has 3 N–H and O–H groups in total. The van der Waals surface area contributed by atoms with Crippen molar-refractivity contribution in [3.8, 4) is 0 Å². The molecule has 1 rings (SSSR count). The average Bonchev–Trinajstić information content (AvgIpc) is 2.17. The molecule has 14 heavy (non-hydrogen) atoms. The Labute approximate surface area is 88.1 Å². The van der Waals surface area contributed by atoms with Crippen LogP contribution in [-0.4, -0.2) is 10.1 Å². The number of hydrogen-bond donors (Lipinski definition) is 2. The molecule has 0 aromatic carbocycles. The monoisotopic (exact) mass is 266 g/mol. The van der Waals surface area contributed by atoms with Crippen LogP contribution in [0.25, 0.3) is 0 Å². The van der Waals surface area contributed by atoms with Gasteiger partial charge < -0.3 is 10.8 Å². The Hall–Kier alpha value is -0.750. The van der Waals surface area contributed by atoms with Crippen LogP contribution in [0.5, 0.6) is 0 Å². The zero-order valence-corrected chi connectivity index (χ0v) is 8.76. The second kappa shape index (κ2) is 4.65. The third-order valence-electron chi connectivity index (χ3n) is 1.85. The number of pyridine rings is 1. The van der Waals surface area contributed by atoms with Crippen molar-refractivity contribution in [1.29, 1.82) is 0 Å². The van der Waals surface area contributed by atoms with Crippen LogP contribution < -0.4 is 5.73 Å². The summed E-state index contributed by atoms with van der Waals surface area (Å²) in [5.41, 5.74) is 5.68. The summed E-state index contributed by atoms with van der Waals surface area (Å²) in [5.74, 6) is 0. The largest absolute Gasteiger partial charge is 0.397 e. The minimum absolute atomic E-state index is 0.0244. The quantitative estimate of drug-likeness (QED) is 0.823. The van der Waals surface area contributed by atoms with Gasteiger partial charge in [-0.1, -0.05) is 15.9 Å². The summed E-state index contributed by atoms with van der Waals surface area (Å²) in [6, 6.07) is 0. The van der Waals surface area contributed by atoms with E-state index < -0.39 is 13.0 Å². The summed E-state index contributed by atoms with van der Waals surface area (Å²) >= 11 is 3.07. The number of aliphatic hydroxyl groups is 1. The Balaban J connectivity index is 3.36. The number of nitrogens with two attached hydrogens (primary N) is 1. The van der Waals surface area contributed by atoms with E-state index in [0.717, 1.165) is 0 Å². The summed E-state index contributed by atoms with van der Waals surface area (Å²) in [6.45, 7) is -0.514. The fourth-order valence-corrected chi connectivity index (χ4v) is 1.78. The maximum atomic E-state index is 12.6. The van der Waals surface area contributed by atoms with Crippen molar-refractivity contribution < 1.29 is 13.9 Å². The van der Waals surface area contributed by atoms with Gasteiger partial charge in [-0.3, -0.25) is 4.98 Å². The highest BCUT2D eigenvalue weighted by Crippen LogP contribution is 2.30. The smallest absolute Gasteiger partial charge is 0.266 e. The van der Waals surface area contributed by atoms with E-state index in [2.05, 4.69) is 20.9 Å². The van der Waals surface area contributed by atoms with Gasteiger partial charge >= 0.3 is 0 Å². The number of alkyl halides is 3. The molecular formula is C8H9BrF2N2O. The number of rotatable bonds is 3. The molecule has 1 aromatic rings. The summed E-state index contributed by atoms with van der Waals surface area (Å²) < 4.78 is 25.2. The molecule has 0 aliphatic carbocycles. The molecule has 0 saturated carbocycles. The van der Waals surface area contributed by atoms with Crippen molar-refractivity contribution in [2.24, 2.45) is 0 Å². The summed E-state index contributed by atoms with van der Waals surface area (Å²) in [6.07, 6.45) is -1.41. The van der Waals surface area contributed by atoms with E-state index in [0.29, 0.717) is 5.56 Å². The van der Waals surface area contributed by atoms with Gasteiger partial charge in [-0.2, -0.15) is 0 Å². The molecule has 1 aromatic heterocycles. The van der Waals surface area contributed by atoms with E-state index >= 15 is 0 Å². The normalized spacial score (nSPS) is 10.9. The zero-order chi connectivity index (χ0) is 10.7. The minimum Gasteiger partial charge on any atom is -0.397 e. The van der Waals surface area contributed by atoms with Crippen LogP contribution in [0.15, 0.2) is 6.20 Å². The first-order valence-corrected chi connectivity index (χ1v) is 4.95. The van der Waals surface area contributed by atoms with Crippen molar-refractivity contribution in [2.45, 2.75) is 18.4 Å². The van der Waals surface area contributed by atoms with E-state index in [9.17, 15) is 8.78 Å². The maximum Gasteiger partial charge on any atom is 0.266 e. The number of hydrogen-bond acceptors (Lipinski definition) is 3. The van der Waals surface area contributed by atoms with Crippen molar-refractivity contribution >= 4 is 21.6 Å². The van der Waals surface area contributed by atoms with E-state index in [4.69, 9.17) is 10.8 Å². The highest BCUT2D eigenvalue weighted by molar-refractivity contribution is 9.08. The third kappa shape index (κ3) is 2.01. The first-order valence-electron chi connectivity index (χ1n) is 3.82. The molecule has 6 heteroatoms. The van der Waals surface area contributed by atoms with Crippen LogP contribution >= 0.6 is 15.9 Å². The van der Waals surface area contributed by atoms with Gasteiger partial charge in [-0.25, -0.2) is 8.78 Å². The van der Waals surface area contributed by atoms with Gasteiger partial charge in [0.15, 0.2) is 0 Å². The lowest BCUT2D eigenvalue weighted by Crippen LogP contribution is -2.06. The molecule has 0 spiro atoms. The second-order valence-electron chi connectivity index (χ2n) is 2.64. The molecule has 0 atom stereocenters. The highest BCUT2D eigenvalue weighted by Gasteiger charge is 2.19. The number of halogens is 3. The molecule has 0 saturated heterocycles. The standard InChI is InChI=1S/C8H9BrF2N2O/c9-1-4-5(12)2-13-6(3-14)7(4)8(10)11/h2,8,14H,1,3,12H2. The van der Waals surface area contributed by atoms with Gasteiger partial charge in [0.1, 0.15) is 0 Å². The van der Waals surface area contributed by atoms with Crippen LogP contribution in [0.4, 0.5) is 14.5 Å². The second-order valence-corrected chi connectivity index (χ2v) is 3.21. The van der Waals surface area contributed by atoms with Gasteiger partial charge in [0.05, 0.1) is 24.2 Å². The van der Waals surface area contributed by atoms with Gasteiger partial charge in [0.2, 0.25) is 0 Å². The summed E-state index contributed by atoms with van der Waals surface area (Å²) in [5, 5.41) is 9.04. The predicted molar refractivity (Wildman–Crippen MR) is 52.2 cm³/mol.